The minimum absolute atomic E-state index is 0.0418. The Morgan fingerprint density at radius 3 is 2.55 bits per heavy atom. The highest BCUT2D eigenvalue weighted by Crippen LogP contribution is 2.37. The third-order valence-corrected chi connectivity index (χ3v) is 3.71. The summed E-state index contributed by atoms with van der Waals surface area (Å²) in [6, 6.07) is 6.16. The van der Waals surface area contributed by atoms with E-state index < -0.39 is 22.6 Å². The maximum atomic E-state index is 12.7. The van der Waals surface area contributed by atoms with Crippen LogP contribution in [0.4, 0.5) is 24.5 Å². The first-order valence-electron chi connectivity index (χ1n) is 8.09. The molecule has 0 aromatic heterocycles. The molecule has 0 radical (unpaired) electrons. The Morgan fingerprint density at radius 1 is 1.24 bits per heavy atom. The lowest BCUT2D eigenvalue weighted by Gasteiger charge is -2.13. The molecule has 0 unspecified atom stereocenters. The number of carbonyl (C=O) groups excluding carboxylic acids is 1. The third-order valence-electron chi connectivity index (χ3n) is 3.41. The van der Waals surface area contributed by atoms with E-state index in [0.29, 0.717) is 6.07 Å². The monoisotopic (exact) mass is 433 g/mol. The van der Waals surface area contributed by atoms with Crippen LogP contribution in [-0.4, -0.2) is 24.0 Å². The van der Waals surface area contributed by atoms with Crippen LogP contribution in [0.2, 0.25) is 5.02 Å². The van der Waals surface area contributed by atoms with Gasteiger partial charge in [0.2, 0.25) is 0 Å². The van der Waals surface area contributed by atoms with Gasteiger partial charge < -0.3 is 14.9 Å². The molecule has 0 heterocycles. The Kier molecular flexibility index (Phi) is 7.23. The number of alkyl halides is 3. The molecule has 29 heavy (non-hydrogen) atoms. The van der Waals surface area contributed by atoms with E-state index >= 15 is 0 Å². The molecule has 0 aliphatic carbocycles. The Labute approximate surface area is 167 Å². The molecule has 0 atom stereocenters. The fourth-order valence-corrected chi connectivity index (χ4v) is 2.37. The number of halogens is 4. The van der Waals surface area contributed by atoms with Crippen LogP contribution in [0.1, 0.15) is 12.5 Å². The molecule has 2 aromatic rings. The SMILES string of the molecule is CCOC(=O)CNNc1cc(Oc2ccc(C(F)(F)F)cc2Cl)ccc1[N+](=O)[O-]. The highest BCUT2D eigenvalue weighted by molar-refractivity contribution is 6.32. The summed E-state index contributed by atoms with van der Waals surface area (Å²) in [7, 11) is 0. The number of nitro groups is 1. The zero-order valence-electron chi connectivity index (χ0n) is 14.9. The zero-order chi connectivity index (χ0) is 21.6. The molecule has 0 saturated carbocycles. The van der Waals surface area contributed by atoms with Gasteiger partial charge in [-0.1, -0.05) is 11.6 Å². The lowest BCUT2D eigenvalue weighted by atomic mass is 10.2. The van der Waals surface area contributed by atoms with E-state index in [0.717, 1.165) is 18.2 Å². The van der Waals surface area contributed by atoms with Gasteiger partial charge in [-0.2, -0.15) is 13.2 Å². The van der Waals surface area contributed by atoms with Crippen LogP contribution < -0.4 is 15.6 Å². The van der Waals surface area contributed by atoms with Gasteiger partial charge in [-0.3, -0.25) is 14.9 Å². The van der Waals surface area contributed by atoms with Crippen molar-refractivity contribution in [2.75, 3.05) is 18.6 Å². The summed E-state index contributed by atoms with van der Waals surface area (Å²) in [4.78, 5) is 21.8. The molecule has 2 aromatic carbocycles. The molecular formula is C17H15ClF3N3O5. The molecule has 0 fully saturated rings. The number of hydrogen-bond acceptors (Lipinski definition) is 7. The smallest absolute Gasteiger partial charge is 0.416 e. The largest absolute Gasteiger partial charge is 0.465 e. The van der Waals surface area contributed by atoms with Crippen LogP contribution in [-0.2, 0) is 15.7 Å². The first-order chi connectivity index (χ1) is 13.6. The first kappa shape index (κ1) is 22.2. The van der Waals surface area contributed by atoms with Crippen LogP contribution in [0.5, 0.6) is 11.5 Å². The van der Waals surface area contributed by atoms with Gasteiger partial charge in [-0.15, -0.1) is 0 Å². The molecule has 0 saturated heterocycles. The van der Waals surface area contributed by atoms with Crippen molar-refractivity contribution in [2.45, 2.75) is 13.1 Å². The number of carbonyl (C=O) groups is 1. The van der Waals surface area contributed by atoms with Crippen molar-refractivity contribution in [3.05, 3.63) is 57.1 Å². The minimum atomic E-state index is -4.56. The van der Waals surface area contributed by atoms with Crippen molar-refractivity contribution in [1.82, 2.24) is 5.43 Å². The number of anilines is 1. The molecule has 0 aliphatic rings. The van der Waals surface area contributed by atoms with E-state index in [1.165, 1.54) is 12.1 Å². The number of benzene rings is 2. The van der Waals surface area contributed by atoms with Crippen LogP contribution >= 0.6 is 11.6 Å². The van der Waals surface area contributed by atoms with Gasteiger partial charge in [0.05, 0.1) is 22.1 Å². The summed E-state index contributed by atoms with van der Waals surface area (Å²) < 4.78 is 48.3. The normalized spacial score (nSPS) is 11.1. The first-order valence-corrected chi connectivity index (χ1v) is 8.47. The van der Waals surface area contributed by atoms with Crippen LogP contribution in [0.3, 0.4) is 0 Å². The molecule has 0 bridgehead atoms. The number of ether oxygens (including phenoxy) is 2. The van der Waals surface area contributed by atoms with E-state index in [4.69, 9.17) is 21.1 Å². The second kappa shape index (κ2) is 9.43. The Morgan fingerprint density at radius 2 is 1.97 bits per heavy atom. The van der Waals surface area contributed by atoms with Crippen LogP contribution in [0, 0.1) is 10.1 Å². The molecule has 2 N–H and O–H groups in total. The number of nitrogens with one attached hydrogen (secondary N) is 2. The summed E-state index contributed by atoms with van der Waals surface area (Å²) in [6.07, 6.45) is -4.56. The number of nitrogens with zero attached hydrogens (tertiary/aromatic N) is 1. The van der Waals surface area contributed by atoms with E-state index in [1.54, 1.807) is 6.92 Å². The quantitative estimate of drug-likeness (QED) is 0.358. The van der Waals surface area contributed by atoms with Gasteiger partial charge in [0.1, 0.15) is 23.7 Å². The highest BCUT2D eigenvalue weighted by atomic mass is 35.5. The number of nitro benzene ring substituents is 1. The Balaban J connectivity index is 2.19. The van der Waals surface area contributed by atoms with Crippen molar-refractivity contribution in [2.24, 2.45) is 0 Å². The van der Waals surface area contributed by atoms with E-state index in [2.05, 4.69) is 10.9 Å². The molecule has 2 rings (SSSR count). The zero-order valence-corrected chi connectivity index (χ0v) is 15.6. The van der Waals surface area contributed by atoms with Crippen molar-refractivity contribution in [1.29, 1.82) is 0 Å². The highest BCUT2D eigenvalue weighted by Gasteiger charge is 2.31. The Hall–Kier alpha value is -3.05. The average Bonchev–Trinajstić information content (AvgIpc) is 2.62. The van der Waals surface area contributed by atoms with E-state index in [-0.39, 0.29) is 41.0 Å². The number of hydrogen-bond donors (Lipinski definition) is 2. The van der Waals surface area contributed by atoms with Gasteiger partial charge in [0, 0.05) is 12.1 Å². The topological polar surface area (TPSA) is 103 Å². The maximum absolute atomic E-state index is 12.7. The van der Waals surface area contributed by atoms with Crippen LogP contribution in [0.15, 0.2) is 36.4 Å². The fourth-order valence-electron chi connectivity index (χ4n) is 2.15. The fraction of sp³-hybridized carbons (Fsp3) is 0.235. The van der Waals surface area contributed by atoms with Crippen molar-refractivity contribution in [3.63, 3.8) is 0 Å². The second-order valence-electron chi connectivity index (χ2n) is 5.46. The van der Waals surface area contributed by atoms with Crippen molar-refractivity contribution >= 4 is 28.9 Å². The molecule has 8 nitrogen and oxygen atoms in total. The second-order valence-corrected chi connectivity index (χ2v) is 5.87. The van der Waals surface area contributed by atoms with Gasteiger partial charge in [-0.25, -0.2) is 5.43 Å². The third kappa shape index (κ3) is 6.22. The van der Waals surface area contributed by atoms with Gasteiger partial charge in [-0.05, 0) is 31.2 Å². The standard InChI is InChI=1S/C17H15ClF3N3O5/c1-2-28-16(25)9-22-23-13-8-11(4-5-14(13)24(26)27)29-15-6-3-10(7-12(15)18)17(19,20)21/h3-8,22-23H,2,9H2,1H3. The van der Waals surface area contributed by atoms with Crippen LogP contribution in [0.25, 0.3) is 0 Å². The minimum Gasteiger partial charge on any atom is -0.465 e. The summed E-state index contributed by atoms with van der Waals surface area (Å²) in [6.45, 7) is 1.54. The van der Waals surface area contributed by atoms with Crippen molar-refractivity contribution in [3.8, 4) is 11.5 Å². The Bertz CT molecular complexity index is 908. The lowest BCUT2D eigenvalue weighted by Crippen LogP contribution is -2.29. The summed E-state index contributed by atoms with van der Waals surface area (Å²) in [5.41, 5.74) is 3.66. The van der Waals surface area contributed by atoms with E-state index in [9.17, 15) is 28.1 Å². The molecule has 12 heteroatoms. The molecular weight excluding hydrogens is 419 g/mol. The number of esters is 1. The van der Waals surface area contributed by atoms with Crippen molar-refractivity contribution < 1.29 is 32.4 Å². The van der Waals surface area contributed by atoms with Gasteiger partial charge in [0.15, 0.2) is 0 Å². The summed E-state index contributed by atoms with van der Waals surface area (Å²) >= 11 is 5.84. The molecule has 0 aliphatic heterocycles. The van der Waals surface area contributed by atoms with Gasteiger partial charge >= 0.3 is 12.1 Å². The number of hydrazine groups is 1. The maximum Gasteiger partial charge on any atom is 0.416 e. The average molecular weight is 434 g/mol. The number of rotatable bonds is 8. The predicted molar refractivity (Wildman–Crippen MR) is 97.9 cm³/mol. The van der Waals surface area contributed by atoms with Gasteiger partial charge in [0.25, 0.3) is 5.69 Å². The lowest BCUT2D eigenvalue weighted by molar-refractivity contribution is -0.384. The predicted octanol–water partition coefficient (Wildman–Crippen LogP) is 4.54. The molecule has 156 valence electrons. The van der Waals surface area contributed by atoms with E-state index in [1.807, 2.05) is 0 Å². The summed E-state index contributed by atoms with van der Waals surface area (Å²) in [5, 5.41) is 10.9. The molecule has 0 amide bonds. The summed E-state index contributed by atoms with van der Waals surface area (Å²) in [5.74, 6) is -0.580. The molecule has 0 spiro atoms.